The summed E-state index contributed by atoms with van der Waals surface area (Å²) in [4.78, 5) is 0. The molecule has 17 heavy (non-hydrogen) atoms. The average molecular weight is 227 g/mol. The van der Waals surface area contributed by atoms with Gasteiger partial charge in [-0.25, -0.2) is 0 Å². The van der Waals surface area contributed by atoms with Crippen molar-refractivity contribution in [1.29, 1.82) is 0 Å². The number of nitrogen functional groups attached to an aromatic ring is 1. The van der Waals surface area contributed by atoms with Gasteiger partial charge in [0, 0.05) is 18.0 Å². The van der Waals surface area contributed by atoms with E-state index >= 15 is 0 Å². The lowest BCUT2D eigenvalue weighted by Gasteiger charge is -1.95. The third-order valence-electron chi connectivity index (χ3n) is 3.04. The van der Waals surface area contributed by atoms with Crippen molar-refractivity contribution in [3.8, 4) is 11.4 Å². The molecule has 0 amide bonds. The molecule has 0 aliphatic rings. The molecule has 1 aromatic carbocycles. The quantitative estimate of drug-likeness (QED) is 0.666. The molecule has 0 aliphatic heterocycles. The smallest absolute Gasteiger partial charge is 0.148 e. The summed E-state index contributed by atoms with van der Waals surface area (Å²) in [6, 6.07) is 8.10. The molecule has 5 heteroatoms. The van der Waals surface area contributed by atoms with Crippen molar-refractivity contribution in [1.82, 2.24) is 20.0 Å². The number of aromatic amines is 1. The van der Waals surface area contributed by atoms with E-state index in [0.29, 0.717) is 5.82 Å². The van der Waals surface area contributed by atoms with Crippen LogP contribution < -0.4 is 5.73 Å². The molecule has 3 rings (SSSR count). The van der Waals surface area contributed by atoms with Gasteiger partial charge in [-0.1, -0.05) is 18.2 Å². The Bertz CT molecular complexity index is 692. The fourth-order valence-electron chi connectivity index (χ4n) is 2.04. The number of nitrogens with one attached hydrogen (secondary N) is 1. The van der Waals surface area contributed by atoms with E-state index in [2.05, 4.69) is 15.3 Å². The zero-order valence-electron chi connectivity index (χ0n) is 9.73. The van der Waals surface area contributed by atoms with Gasteiger partial charge in [0.2, 0.25) is 0 Å². The van der Waals surface area contributed by atoms with Crippen molar-refractivity contribution < 1.29 is 0 Å². The summed E-state index contributed by atoms with van der Waals surface area (Å²) in [5.41, 5.74) is 9.56. The topological polar surface area (TPSA) is 72.5 Å². The van der Waals surface area contributed by atoms with E-state index in [9.17, 15) is 0 Å². The number of para-hydroxylation sites is 1. The number of rotatable bonds is 1. The summed E-state index contributed by atoms with van der Waals surface area (Å²) in [6.45, 7) is 1.94. The van der Waals surface area contributed by atoms with E-state index in [1.165, 1.54) is 0 Å². The van der Waals surface area contributed by atoms with Crippen LogP contribution in [0.4, 0.5) is 5.82 Å². The predicted molar refractivity (Wildman–Crippen MR) is 67.4 cm³/mol. The molecule has 0 atom stereocenters. The van der Waals surface area contributed by atoms with Crippen LogP contribution in [0.25, 0.3) is 22.3 Å². The van der Waals surface area contributed by atoms with Crippen molar-refractivity contribution in [2.75, 3.05) is 5.73 Å². The first kappa shape index (κ1) is 9.89. The summed E-state index contributed by atoms with van der Waals surface area (Å²) < 4.78 is 1.86. The number of hydrogen-bond acceptors (Lipinski definition) is 3. The highest BCUT2D eigenvalue weighted by molar-refractivity contribution is 5.93. The van der Waals surface area contributed by atoms with Gasteiger partial charge in [0.05, 0.1) is 11.2 Å². The van der Waals surface area contributed by atoms with Crippen LogP contribution in [0.2, 0.25) is 0 Å². The van der Waals surface area contributed by atoms with Crippen LogP contribution in [0.5, 0.6) is 0 Å². The molecule has 5 nitrogen and oxygen atoms in total. The number of nitrogens with zero attached hydrogens (tertiary/aromatic N) is 3. The summed E-state index contributed by atoms with van der Waals surface area (Å²) in [6.07, 6.45) is 0. The SMILES string of the molecule is Cc1c(N)n[nH]c1-c1nn(C)c2ccccc12. The van der Waals surface area contributed by atoms with E-state index in [-0.39, 0.29) is 0 Å². The first-order valence-corrected chi connectivity index (χ1v) is 5.41. The highest BCUT2D eigenvalue weighted by Gasteiger charge is 2.15. The number of anilines is 1. The second-order valence-corrected chi connectivity index (χ2v) is 4.10. The van der Waals surface area contributed by atoms with Crippen molar-refractivity contribution >= 4 is 16.7 Å². The molecule has 3 N–H and O–H groups in total. The van der Waals surface area contributed by atoms with E-state index in [1.807, 2.05) is 42.9 Å². The highest BCUT2D eigenvalue weighted by atomic mass is 15.3. The molecular formula is C12H13N5. The molecule has 0 spiro atoms. The molecule has 0 aliphatic carbocycles. The van der Waals surface area contributed by atoms with Crippen LogP contribution in [-0.2, 0) is 7.05 Å². The van der Waals surface area contributed by atoms with Crippen molar-refractivity contribution in [2.24, 2.45) is 7.05 Å². The number of H-pyrrole nitrogens is 1. The van der Waals surface area contributed by atoms with Gasteiger partial charge >= 0.3 is 0 Å². The van der Waals surface area contributed by atoms with E-state index in [0.717, 1.165) is 27.9 Å². The highest BCUT2D eigenvalue weighted by Crippen LogP contribution is 2.29. The Balaban J connectivity index is 2.35. The second kappa shape index (κ2) is 3.35. The Labute approximate surface area is 98.2 Å². The molecule has 0 saturated heterocycles. The molecule has 2 aromatic heterocycles. The molecule has 86 valence electrons. The van der Waals surface area contributed by atoms with Gasteiger partial charge in [0.15, 0.2) is 0 Å². The van der Waals surface area contributed by atoms with E-state index < -0.39 is 0 Å². The van der Waals surface area contributed by atoms with Crippen LogP contribution in [0.1, 0.15) is 5.56 Å². The Morgan fingerprint density at radius 2 is 2.06 bits per heavy atom. The fourth-order valence-corrected chi connectivity index (χ4v) is 2.04. The van der Waals surface area contributed by atoms with Crippen molar-refractivity contribution in [3.05, 3.63) is 29.8 Å². The van der Waals surface area contributed by atoms with Crippen molar-refractivity contribution in [2.45, 2.75) is 6.92 Å². The van der Waals surface area contributed by atoms with Gasteiger partial charge in [0.1, 0.15) is 11.5 Å². The normalized spacial score (nSPS) is 11.2. The molecule has 2 heterocycles. The van der Waals surface area contributed by atoms with Crippen LogP contribution in [-0.4, -0.2) is 20.0 Å². The van der Waals surface area contributed by atoms with E-state index in [4.69, 9.17) is 5.73 Å². The van der Waals surface area contributed by atoms with Gasteiger partial charge in [-0.15, -0.1) is 0 Å². The lowest BCUT2D eigenvalue weighted by molar-refractivity contribution is 0.799. The maximum absolute atomic E-state index is 5.75. The van der Waals surface area contributed by atoms with Crippen molar-refractivity contribution in [3.63, 3.8) is 0 Å². The summed E-state index contributed by atoms with van der Waals surface area (Å²) in [5.74, 6) is 0.523. The average Bonchev–Trinajstić information content (AvgIpc) is 2.83. The molecule has 0 bridgehead atoms. The monoisotopic (exact) mass is 227 g/mol. The van der Waals surface area contributed by atoms with Gasteiger partial charge < -0.3 is 5.73 Å². The standard InChI is InChI=1S/C12H13N5/c1-7-10(14-15-12(7)13)11-8-5-3-4-6-9(8)17(2)16-11/h3-6H,1-2H3,(H3,13,14,15). The third kappa shape index (κ3) is 1.32. The zero-order valence-corrected chi connectivity index (χ0v) is 9.73. The second-order valence-electron chi connectivity index (χ2n) is 4.10. The maximum atomic E-state index is 5.75. The van der Waals surface area contributed by atoms with Crippen LogP contribution in [0.3, 0.4) is 0 Å². The molecule has 3 aromatic rings. The summed E-state index contributed by atoms with van der Waals surface area (Å²) in [7, 11) is 1.93. The molecule has 0 fully saturated rings. The predicted octanol–water partition coefficient (Wildman–Crippen LogP) is 1.85. The number of hydrogen-bond donors (Lipinski definition) is 2. The van der Waals surface area contributed by atoms with Gasteiger partial charge in [0.25, 0.3) is 0 Å². The minimum atomic E-state index is 0.523. The number of aryl methyl sites for hydroxylation is 1. The van der Waals surface area contributed by atoms with Crippen LogP contribution in [0, 0.1) is 6.92 Å². The Morgan fingerprint density at radius 3 is 2.76 bits per heavy atom. The Kier molecular flexibility index (Phi) is 1.95. The van der Waals surface area contributed by atoms with Gasteiger partial charge in [-0.2, -0.15) is 10.2 Å². The number of aromatic nitrogens is 4. The molecule has 0 radical (unpaired) electrons. The first-order chi connectivity index (χ1) is 8.18. The molecule has 0 unspecified atom stereocenters. The zero-order chi connectivity index (χ0) is 12.0. The van der Waals surface area contributed by atoms with Crippen LogP contribution in [0.15, 0.2) is 24.3 Å². The minimum Gasteiger partial charge on any atom is -0.382 e. The number of benzene rings is 1. The van der Waals surface area contributed by atoms with Gasteiger partial charge in [-0.3, -0.25) is 9.78 Å². The Hall–Kier alpha value is -2.30. The molecular weight excluding hydrogens is 214 g/mol. The minimum absolute atomic E-state index is 0.523. The number of fused-ring (bicyclic) bond motifs is 1. The number of nitrogens with two attached hydrogens (primary N) is 1. The third-order valence-corrected chi connectivity index (χ3v) is 3.04. The first-order valence-electron chi connectivity index (χ1n) is 5.41. The largest absolute Gasteiger partial charge is 0.382 e. The maximum Gasteiger partial charge on any atom is 0.148 e. The fraction of sp³-hybridized carbons (Fsp3) is 0.167. The van der Waals surface area contributed by atoms with E-state index in [1.54, 1.807) is 0 Å². The summed E-state index contributed by atoms with van der Waals surface area (Å²) in [5, 5.41) is 12.6. The molecule has 0 saturated carbocycles. The van der Waals surface area contributed by atoms with Gasteiger partial charge in [-0.05, 0) is 13.0 Å². The Morgan fingerprint density at radius 1 is 1.29 bits per heavy atom. The lowest BCUT2D eigenvalue weighted by atomic mass is 10.1. The lowest BCUT2D eigenvalue weighted by Crippen LogP contribution is -1.90. The van der Waals surface area contributed by atoms with Crippen LogP contribution >= 0.6 is 0 Å². The summed E-state index contributed by atoms with van der Waals surface area (Å²) >= 11 is 0.